The second-order valence-corrected chi connectivity index (χ2v) is 4.15. The third-order valence-electron chi connectivity index (χ3n) is 2.55. The van der Waals surface area contributed by atoms with Gasteiger partial charge in [-0.3, -0.25) is 14.9 Å². The third kappa shape index (κ3) is 5.31. The van der Waals surface area contributed by atoms with Crippen LogP contribution in [0.5, 0.6) is 0 Å². The van der Waals surface area contributed by atoms with Crippen molar-refractivity contribution in [3.63, 3.8) is 0 Å². The van der Waals surface area contributed by atoms with Crippen LogP contribution in [-0.2, 0) is 11.3 Å². The Morgan fingerprint density at radius 1 is 1.38 bits per heavy atom. The largest absolute Gasteiger partial charge is 0.480 e. The van der Waals surface area contributed by atoms with Crippen molar-refractivity contribution >= 4 is 17.7 Å². The van der Waals surface area contributed by atoms with Gasteiger partial charge in [0.25, 0.3) is 5.69 Å². The average Bonchev–Trinajstić information content (AvgIpc) is 2.44. The highest BCUT2D eigenvalue weighted by atomic mass is 16.6. The van der Waals surface area contributed by atoms with Gasteiger partial charge in [-0.2, -0.15) is 0 Å². The van der Waals surface area contributed by atoms with E-state index in [0.29, 0.717) is 5.56 Å². The maximum atomic E-state index is 11.8. The number of carboxylic acids is 1. The van der Waals surface area contributed by atoms with Gasteiger partial charge in [0, 0.05) is 25.2 Å². The molecule has 112 valence electrons. The van der Waals surface area contributed by atoms with Gasteiger partial charge in [0.1, 0.15) is 6.54 Å². The molecule has 0 spiro atoms. The fourth-order valence-electron chi connectivity index (χ4n) is 1.56. The molecule has 0 saturated carbocycles. The molecule has 1 rings (SSSR count). The number of carbonyl (C=O) groups is 2. The number of carbonyl (C=O) groups excluding carboxylic acids is 1. The van der Waals surface area contributed by atoms with Gasteiger partial charge >= 0.3 is 12.0 Å². The van der Waals surface area contributed by atoms with Crippen LogP contribution in [0.2, 0.25) is 0 Å². The minimum Gasteiger partial charge on any atom is -0.480 e. The van der Waals surface area contributed by atoms with Crippen LogP contribution in [0.25, 0.3) is 0 Å². The molecular weight excluding hydrogens is 278 g/mol. The quantitative estimate of drug-likeness (QED) is 0.448. The first-order valence-corrected chi connectivity index (χ1v) is 6.03. The Morgan fingerprint density at radius 2 is 2.00 bits per heavy atom. The molecule has 0 aliphatic heterocycles. The summed E-state index contributed by atoms with van der Waals surface area (Å²) >= 11 is 0. The van der Waals surface area contributed by atoms with Gasteiger partial charge < -0.3 is 15.3 Å². The van der Waals surface area contributed by atoms with Crippen molar-refractivity contribution < 1.29 is 19.6 Å². The van der Waals surface area contributed by atoms with E-state index < -0.39 is 23.5 Å². The SMILES string of the molecule is C=CCN(CC(=O)O)C(=O)NCc1ccc([N+](=O)[O-])cc1. The molecule has 0 aliphatic carbocycles. The van der Waals surface area contributed by atoms with E-state index in [2.05, 4.69) is 11.9 Å². The molecule has 1 aromatic rings. The molecule has 0 saturated heterocycles. The van der Waals surface area contributed by atoms with Crippen molar-refractivity contribution in [1.29, 1.82) is 0 Å². The summed E-state index contributed by atoms with van der Waals surface area (Å²) in [6, 6.07) is 5.16. The number of hydrogen-bond donors (Lipinski definition) is 2. The Bertz CT molecular complexity index is 541. The van der Waals surface area contributed by atoms with Crippen LogP contribution in [0.1, 0.15) is 5.56 Å². The standard InChI is InChI=1S/C13H15N3O5/c1-2-7-15(9-12(17)18)13(19)14-8-10-3-5-11(6-4-10)16(20)21/h2-6H,1,7-9H2,(H,14,19)(H,17,18). The van der Waals surface area contributed by atoms with Crippen LogP contribution >= 0.6 is 0 Å². The molecule has 0 heterocycles. The van der Waals surface area contributed by atoms with Crippen LogP contribution in [0.15, 0.2) is 36.9 Å². The van der Waals surface area contributed by atoms with Gasteiger partial charge in [0.05, 0.1) is 4.92 Å². The number of hydrogen-bond acceptors (Lipinski definition) is 4. The molecular formula is C13H15N3O5. The monoisotopic (exact) mass is 293 g/mol. The maximum Gasteiger partial charge on any atom is 0.323 e. The molecule has 8 nitrogen and oxygen atoms in total. The third-order valence-corrected chi connectivity index (χ3v) is 2.55. The predicted octanol–water partition coefficient (Wildman–Crippen LogP) is 1.38. The van der Waals surface area contributed by atoms with Gasteiger partial charge in [-0.1, -0.05) is 18.2 Å². The minimum absolute atomic E-state index is 0.0377. The average molecular weight is 293 g/mol. The van der Waals surface area contributed by atoms with E-state index in [1.807, 2.05) is 0 Å². The molecule has 2 amide bonds. The number of rotatable bonds is 7. The zero-order chi connectivity index (χ0) is 15.8. The second-order valence-electron chi connectivity index (χ2n) is 4.15. The number of non-ortho nitro benzene ring substituents is 1. The number of aliphatic carboxylic acids is 1. The minimum atomic E-state index is -1.12. The highest BCUT2D eigenvalue weighted by Crippen LogP contribution is 2.11. The Labute approximate surface area is 120 Å². The highest BCUT2D eigenvalue weighted by Gasteiger charge is 2.15. The van der Waals surface area contributed by atoms with Gasteiger partial charge in [-0.05, 0) is 5.56 Å². The molecule has 0 unspecified atom stereocenters. The number of urea groups is 1. The highest BCUT2D eigenvalue weighted by molar-refractivity contribution is 5.80. The maximum absolute atomic E-state index is 11.8. The summed E-state index contributed by atoms with van der Waals surface area (Å²) in [5.41, 5.74) is 0.632. The van der Waals surface area contributed by atoms with E-state index in [-0.39, 0.29) is 18.8 Å². The van der Waals surface area contributed by atoms with Crippen LogP contribution in [0, 0.1) is 10.1 Å². The van der Waals surface area contributed by atoms with Gasteiger partial charge in [0.2, 0.25) is 0 Å². The molecule has 1 aromatic carbocycles. The number of amides is 2. The molecule has 2 N–H and O–H groups in total. The fourth-order valence-corrected chi connectivity index (χ4v) is 1.56. The lowest BCUT2D eigenvalue weighted by Crippen LogP contribution is -2.42. The number of nitrogens with one attached hydrogen (secondary N) is 1. The number of nitro benzene ring substituents is 1. The lowest BCUT2D eigenvalue weighted by atomic mass is 10.2. The van der Waals surface area contributed by atoms with Crippen LogP contribution in [0.4, 0.5) is 10.5 Å². The normalized spacial score (nSPS) is 9.71. The first-order chi connectivity index (χ1) is 9.93. The molecule has 0 fully saturated rings. The van der Waals surface area contributed by atoms with Gasteiger partial charge in [-0.25, -0.2) is 4.79 Å². The summed E-state index contributed by atoms with van der Waals surface area (Å²) in [4.78, 5) is 33.5. The number of nitro groups is 1. The van der Waals surface area contributed by atoms with Crippen molar-refractivity contribution in [2.45, 2.75) is 6.54 Å². The summed E-state index contributed by atoms with van der Waals surface area (Å²) in [6.07, 6.45) is 1.42. The van der Waals surface area contributed by atoms with Crippen LogP contribution in [0.3, 0.4) is 0 Å². The van der Waals surface area contributed by atoms with Gasteiger partial charge in [-0.15, -0.1) is 6.58 Å². The Morgan fingerprint density at radius 3 is 2.48 bits per heavy atom. The van der Waals surface area contributed by atoms with Crippen LogP contribution in [-0.4, -0.2) is 40.0 Å². The van der Waals surface area contributed by atoms with E-state index in [1.54, 1.807) is 0 Å². The Hall–Kier alpha value is -2.90. The van der Waals surface area contributed by atoms with Crippen molar-refractivity contribution in [3.8, 4) is 0 Å². The van der Waals surface area contributed by atoms with Crippen molar-refractivity contribution in [3.05, 3.63) is 52.6 Å². The molecule has 21 heavy (non-hydrogen) atoms. The second kappa shape index (κ2) is 7.63. The lowest BCUT2D eigenvalue weighted by molar-refractivity contribution is -0.384. The summed E-state index contributed by atoms with van der Waals surface area (Å²) in [7, 11) is 0. The smallest absolute Gasteiger partial charge is 0.323 e. The number of benzene rings is 1. The Kier molecular flexibility index (Phi) is 5.87. The number of nitrogens with zero attached hydrogens (tertiary/aromatic N) is 2. The molecule has 0 radical (unpaired) electrons. The number of carboxylic acid groups (broad SMARTS) is 1. The van der Waals surface area contributed by atoms with E-state index in [4.69, 9.17) is 5.11 Å². The van der Waals surface area contributed by atoms with E-state index in [9.17, 15) is 19.7 Å². The van der Waals surface area contributed by atoms with E-state index in [1.165, 1.54) is 30.3 Å². The summed E-state index contributed by atoms with van der Waals surface area (Å²) in [6.45, 7) is 3.28. The first-order valence-electron chi connectivity index (χ1n) is 6.03. The summed E-state index contributed by atoms with van der Waals surface area (Å²) in [5.74, 6) is -1.12. The van der Waals surface area contributed by atoms with Gasteiger partial charge in [0.15, 0.2) is 0 Å². The van der Waals surface area contributed by atoms with E-state index >= 15 is 0 Å². The van der Waals surface area contributed by atoms with Crippen molar-refractivity contribution in [2.75, 3.05) is 13.1 Å². The molecule has 0 aliphatic rings. The fraction of sp³-hybridized carbons (Fsp3) is 0.231. The molecule has 8 heteroatoms. The first kappa shape index (κ1) is 16.2. The lowest BCUT2D eigenvalue weighted by Gasteiger charge is -2.19. The summed E-state index contributed by atoms with van der Waals surface area (Å²) in [5, 5.41) is 21.8. The van der Waals surface area contributed by atoms with E-state index in [0.717, 1.165) is 4.90 Å². The molecule has 0 aromatic heterocycles. The molecule has 0 atom stereocenters. The Balaban J connectivity index is 2.59. The molecule has 0 bridgehead atoms. The summed E-state index contributed by atoms with van der Waals surface area (Å²) < 4.78 is 0. The van der Waals surface area contributed by atoms with Crippen molar-refractivity contribution in [2.24, 2.45) is 0 Å². The van der Waals surface area contributed by atoms with Crippen molar-refractivity contribution in [1.82, 2.24) is 10.2 Å². The van der Waals surface area contributed by atoms with Crippen LogP contribution < -0.4 is 5.32 Å². The zero-order valence-electron chi connectivity index (χ0n) is 11.2. The zero-order valence-corrected chi connectivity index (χ0v) is 11.2. The predicted molar refractivity (Wildman–Crippen MR) is 74.7 cm³/mol. The topological polar surface area (TPSA) is 113 Å².